The van der Waals surface area contributed by atoms with Gasteiger partial charge in [-0.25, -0.2) is 4.99 Å². The topological polar surface area (TPSA) is 58.1 Å². The first-order valence-corrected chi connectivity index (χ1v) is 9.63. The van der Waals surface area contributed by atoms with Crippen LogP contribution in [-0.4, -0.2) is 59.6 Å². The van der Waals surface area contributed by atoms with Crippen molar-refractivity contribution < 1.29 is 9.47 Å². The molecule has 2 N–H and O–H groups in total. The summed E-state index contributed by atoms with van der Waals surface area (Å²) >= 11 is 0. The van der Waals surface area contributed by atoms with Crippen molar-refractivity contribution in [3.63, 3.8) is 0 Å². The fourth-order valence-corrected chi connectivity index (χ4v) is 2.79. The number of benzene rings is 1. The monoisotopic (exact) mass is 362 g/mol. The average molecular weight is 363 g/mol. The molecule has 1 fully saturated rings. The van der Waals surface area contributed by atoms with Crippen LogP contribution in [0.1, 0.15) is 25.3 Å². The summed E-state index contributed by atoms with van der Waals surface area (Å²) in [5.74, 6) is 1.44. The Labute approximate surface area is 158 Å². The largest absolute Gasteiger partial charge is 0.381 e. The molecule has 0 aromatic heterocycles. The summed E-state index contributed by atoms with van der Waals surface area (Å²) in [5.41, 5.74) is 2.40. The van der Waals surface area contributed by atoms with Crippen molar-refractivity contribution in [2.45, 2.75) is 26.3 Å². The summed E-state index contributed by atoms with van der Waals surface area (Å²) in [6.45, 7) is 7.77. The third kappa shape index (κ3) is 7.62. The number of nitrogens with zero attached hydrogens (tertiary/aromatic N) is 2. The van der Waals surface area contributed by atoms with E-state index in [9.17, 15) is 0 Å². The Morgan fingerprint density at radius 2 is 2.23 bits per heavy atom. The van der Waals surface area contributed by atoms with E-state index < -0.39 is 0 Å². The lowest BCUT2D eigenvalue weighted by molar-refractivity contribution is 0.0888. The van der Waals surface area contributed by atoms with Crippen molar-refractivity contribution in [1.82, 2.24) is 10.6 Å². The molecular formula is C20H34N4O2. The van der Waals surface area contributed by atoms with E-state index in [0.29, 0.717) is 12.5 Å². The maximum atomic E-state index is 5.74. The molecular weight excluding hydrogens is 328 g/mol. The first kappa shape index (κ1) is 20.5. The summed E-state index contributed by atoms with van der Waals surface area (Å²) in [6.07, 6.45) is 2.10. The van der Waals surface area contributed by atoms with E-state index in [1.807, 2.05) is 0 Å². The Hall–Kier alpha value is -1.79. The standard InChI is InChI=1S/C20H34N4O2/c1-4-21-20(22-10-6-11-25-15-18-9-12-26-16-18)23-14-17-7-5-8-19(13-17)24(2)3/h5,7-8,13,18H,4,6,9-12,14-16H2,1-3H3,(H2,21,22,23). The van der Waals surface area contributed by atoms with Gasteiger partial charge >= 0.3 is 0 Å². The van der Waals surface area contributed by atoms with Crippen LogP contribution < -0.4 is 15.5 Å². The molecule has 1 heterocycles. The van der Waals surface area contributed by atoms with E-state index in [0.717, 1.165) is 58.3 Å². The quantitative estimate of drug-likeness (QED) is 0.380. The summed E-state index contributed by atoms with van der Waals surface area (Å²) in [6, 6.07) is 8.47. The molecule has 1 aliphatic rings. The molecule has 146 valence electrons. The van der Waals surface area contributed by atoms with Gasteiger partial charge in [0.05, 0.1) is 19.8 Å². The van der Waals surface area contributed by atoms with Crippen LogP contribution in [-0.2, 0) is 16.0 Å². The number of nitrogens with one attached hydrogen (secondary N) is 2. The van der Waals surface area contributed by atoms with Crippen molar-refractivity contribution in [2.75, 3.05) is 58.5 Å². The number of guanidine groups is 1. The van der Waals surface area contributed by atoms with Crippen LogP contribution in [0.25, 0.3) is 0 Å². The van der Waals surface area contributed by atoms with Crippen LogP contribution in [0, 0.1) is 5.92 Å². The molecule has 0 spiro atoms. The van der Waals surface area contributed by atoms with Gasteiger partial charge in [-0.1, -0.05) is 12.1 Å². The molecule has 0 aliphatic carbocycles. The third-order valence-corrected chi connectivity index (χ3v) is 4.33. The second-order valence-corrected chi connectivity index (χ2v) is 6.84. The number of hydrogen-bond acceptors (Lipinski definition) is 4. The smallest absolute Gasteiger partial charge is 0.191 e. The highest BCUT2D eigenvalue weighted by atomic mass is 16.5. The van der Waals surface area contributed by atoms with E-state index in [2.05, 4.69) is 65.8 Å². The van der Waals surface area contributed by atoms with E-state index in [1.165, 1.54) is 11.3 Å². The van der Waals surface area contributed by atoms with Crippen LogP contribution >= 0.6 is 0 Å². The number of rotatable bonds is 10. The maximum absolute atomic E-state index is 5.74. The minimum Gasteiger partial charge on any atom is -0.381 e. The van der Waals surface area contributed by atoms with Gasteiger partial charge in [-0.15, -0.1) is 0 Å². The van der Waals surface area contributed by atoms with Gasteiger partial charge < -0.3 is 25.0 Å². The predicted octanol–water partition coefficient (Wildman–Crippen LogP) is 2.25. The van der Waals surface area contributed by atoms with Gasteiger partial charge in [-0.3, -0.25) is 0 Å². The summed E-state index contributed by atoms with van der Waals surface area (Å²) in [7, 11) is 4.10. The lowest BCUT2D eigenvalue weighted by atomic mass is 10.1. The Morgan fingerprint density at radius 1 is 1.35 bits per heavy atom. The Morgan fingerprint density at radius 3 is 2.96 bits per heavy atom. The second-order valence-electron chi connectivity index (χ2n) is 6.84. The molecule has 1 aliphatic heterocycles. The van der Waals surface area contributed by atoms with E-state index in [1.54, 1.807) is 0 Å². The van der Waals surface area contributed by atoms with Crippen LogP contribution in [0.5, 0.6) is 0 Å². The number of anilines is 1. The van der Waals surface area contributed by atoms with Crippen LogP contribution in [0.2, 0.25) is 0 Å². The lowest BCUT2D eigenvalue weighted by Crippen LogP contribution is -2.38. The molecule has 26 heavy (non-hydrogen) atoms. The molecule has 0 bridgehead atoms. The van der Waals surface area contributed by atoms with Crippen molar-refractivity contribution in [1.29, 1.82) is 0 Å². The van der Waals surface area contributed by atoms with Gasteiger partial charge in [-0.2, -0.15) is 0 Å². The average Bonchev–Trinajstić information content (AvgIpc) is 3.16. The van der Waals surface area contributed by atoms with Gasteiger partial charge in [0.15, 0.2) is 5.96 Å². The van der Waals surface area contributed by atoms with Gasteiger partial charge in [-0.05, 0) is 37.5 Å². The molecule has 0 radical (unpaired) electrons. The predicted molar refractivity (Wildman–Crippen MR) is 108 cm³/mol. The van der Waals surface area contributed by atoms with Gasteiger partial charge in [0.25, 0.3) is 0 Å². The van der Waals surface area contributed by atoms with Crippen molar-refractivity contribution >= 4 is 11.6 Å². The summed E-state index contributed by atoms with van der Waals surface area (Å²) in [5, 5.41) is 6.68. The zero-order chi connectivity index (χ0) is 18.6. The number of hydrogen-bond donors (Lipinski definition) is 2. The van der Waals surface area contributed by atoms with E-state index in [-0.39, 0.29) is 0 Å². The molecule has 1 atom stereocenters. The maximum Gasteiger partial charge on any atom is 0.191 e. The van der Waals surface area contributed by atoms with Crippen LogP contribution in [0.3, 0.4) is 0 Å². The normalized spacial score (nSPS) is 17.3. The minimum atomic E-state index is 0.583. The van der Waals surface area contributed by atoms with Crippen LogP contribution in [0.15, 0.2) is 29.3 Å². The Kier molecular flexibility index (Phi) is 9.28. The summed E-state index contributed by atoms with van der Waals surface area (Å²) < 4.78 is 11.1. The number of ether oxygens (including phenoxy) is 2. The highest BCUT2D eigenvalue weighted by molar-refractivity contribution is 5.79. The summed E-state index contributed by atoms with van der Waals surface area (Å²) in [4.78, 5) is 6.79. The Bertz CT molecular complexity index is 542. The van der Waals surface area contributed by atoms with Gasteiger partial charge in [0.2, 0.25) is 0 Å². The molecule has 1 saturated heterocycles. The lowest BCUT2D eigenvalue weighted by Gasteiger charge is -2.14. The highest BCUT2D eigenvalue weighted by Gasteiger charge is 2.15. The third-order valence-electron chi connectivity index (χ3n) is 4.33. The fourth-order valence-electron chi connectivity index (χ4n) is 2.79. The zero-order valence-electron chi connectivity index (χ0n) is 16.5. The SMILES string of the molecule is CCNC(=NCc1cccc(N(C)C)c1)NCCCOCC1CCOC1. The highest BCUT2D eigenvalue weighted by Crippen LogP contribution is 2.14. The van der Waals surface area contributed by atoms with Gasteiger partial charge in [0, 0.05) is 52.0 Å². The molecule has 1 unspecified atom stereocenters. The first-order chi connectivity index (χ1) is 12.7. The van der Waals surface area contributed by atoms with Crippen molar-refractivity contribution in [3.05, 3.63) is 29.8 Å². The van der Waals surface area contributed by atoms with Crippen molar-refractivity contribution in [3.8, 4) is 0 Å². The van der Waals surface area contributed by atoms with Crippen molar-refractivity contribution in [2.24, 2.45) is 10.9 Å². The second kappa shape index (κ2) is 11.8. The molecule has 0 amide bonds. The van der Waals surface area contributed by atoms with E-state index >= 15 is 0 Å². The zero-order valence-corrected chi connectivity index (χ0v) is 16.5. The van der Waals surface area contributed by atoms with Gasteiger partial charge in [0.1, 0.15) is 0 Å². The minimum absolute atomic E-state index is 0.583. The molecule has 6 nitrogen and oxygen atoms in total. The fraction of sp³-hybridized carbons (Fsp3) is 0.650. The molecule has 1 aromatic carbocycles. The molecule has 0 saturated carbocycles. The van der Waals surface area contributed by atoms with E-state index in [4.69, 9.17) is 9.47 Å². The van der Waals surface area contributed by atoms with Crippen LogP contribution in [0.4, 0.5) is 5.69 Å². The Balaban J connectivity index is 1.69. The first-order valence-electron chi connectivity index (χ1n) is 9.63. The number of aliphatic imine (C=N–C) groups is 1. The molecule has 2 rings (SSSR count). The molecule has 6 heteroatoms. The molecule has 1 aromatic rings.